The lowest BCUT2D eigenvalue weighted by atomic mass is 10.1. The fourth-order valence-electron chi connectivity index (χ4n) is 3.48. The number of rotatable bonds is 5. The molecule has 0 amide bonds. The van der Waals surface area contributed by atoms with Gasteiger partial charge in [0.05, 0.1) is 33.5 Å². The van der Waals surface area contributed by atoms with Crippen LogP contribution in [-0.2, 0) is 4.74 Å². The summed E-state index contributed by atoms with van der Waals surface area (Å²) in [7, 11) is 4.91. The summed E-state index contributed by atoms with van der Waals surface area (Å²) in [5.74, 6) is 3.01. The van der Waals surface area contributed by atoms with Crippen molar-refractivity contribution < 1.29 is 18.9 Å². The Morgan fingerprint density at radius 2 is 1.71 bits per heavy atom. The number of hydrogen-bond donors (Lipinski definition) is 0. The van der Waals surface area contributed by atoms with E-state index in [1.807, 2.05) is 36.4 Å². The third-order valence-corrected chi connectivity index (χ3v) is 4.97. The molecule has 28 heavy (non-hydrogen) atoms. The second-order valence-corrected chi connectivity index (χ2v) is 6.50. The molecule has 0 N–H and O–H groups in total. The molecule has 146 valence electrons. The Hall–Kier alpha value is -3.06. The Morgan fingerprint density at radius 1 is 0.964 bits per heavy atom. The molecule has 0 spiro atoms. The molecule has 2 heterocycles. The average Bonchev–Trinajstić information content (AvgIpc) is 2.77. The Balaban J connectivity index is 1.66. The molecule has 1 atom stereocenters. The first-order valence-electron chi connectivity index (χ1n) is 9.10. The van der Waals surface area contributed by atoms with E-state index in [0.717, 1.165) is 34.6 Å². The highest BCUT2D eigenvalue weighted by Gasteiger charge is 2.25. The van der Waals surface area contributed by atoms with Gasteiger partial charge in [-0.05, 0) is 23.8 Å². The van der Waals surface area contributed by atoms with Gasteiger partial charge in [-0.25, -0.2) is 9.97 Å². The molecule has 7 heteroatoms. The Labute approximate surface area is 163 Å². The van der Waals surface area contributed by atoms with Crippen LogP contribution in [0.1, 0.15) is 11.7 Å². The molecule has 7 nitrogen and oxygen atoms in total. The molecule has 3 aromatic rings. The lowest BCUT2D eigenvalue weighted by Gasteiger charge is -2.34. The predicted octanol–water partition coefficient (Wildman–Crippen LogP) is 3.23. The van der Waals surface area contributed by atoms with Crippen LogP contribution in [0.15, 0.2) is 42.7 Å². The molecular formula is C21H23N3O4. The summed E-state index contributed by atoms with van der Waals surface area (Å²) >= 11 is 0. The van der Waals surface area contributed by atoms with Gasteiger partial charge in [0.15, 0.2) is 11.5 Å². The summed E-state index contributed by atoms with van der Waals surface area (Å²) in [6, 6.07) is 11.8. The number of nitrogens with zero attached hydrogens (tertiary/aromatic N) is 3. The van der Waals surface area contributed by atoms with Crippen LogP contribution >= 0.6 is 0 Å². The second kappa shape index (κ2) is 7.90. The molecule has 1 saturated heterocycles. The second-order valence-electron chi connectivity index (χ2n) is 6.50. The molecule has 0 aliphatic carbocycles. The van der Waals surface area contributed by atoms with Crippen LogP contribution in [0.5, 0.6) is 17.2 Å². The van der Waals surface area contributed by atoms with Gasteiger partial charge in [-0.3, -0.25) is 0 Å². The van der Waals surface area contributed by atoms with Crippen molar-refractivity contribution in [2.24, 2.45) is 0 Å². The van der Waals surface area contributed by atoms with Gasteiger partial charge in [-0.15, -0.1) is 0 Å². The van der Waals surface area contributed by atoms with Gasteiger partial charge in [0.25, 0.3) is 0 Å². The lowest BCUT2D eigenvalue weighted by Crippen LogP contribution is -2.39. The monoisotopic (exact) mass is 381 g/mol. The summed E-state index contributed by atoms with van der Waals surface area (Å²) < 4.78 is 22.1. The van der Waals surface area contributed by atoms with E-state index in [1.165, 1.54) is 0 Å². The van der Waals surface area contributed by atoms with Gasteiger partial charge < -0.3 is 23.8 Å². The molecule has 1 unspecified atom stereocenters. The zero-order valence-corrected chi connectivity index (χ0v) is 16.2. The smallest absolute Gasteiger partial charge is 0.162 e. The maximum atomic E-state index is 6.01. The zero-order chi connectivity index (χ0) is 19.5. The minimum absolute atomic E-state index is 0.0372. The number of fused-ring (bicyclic) bond motifs is 1. The maximum absolute atomic E-state index is 6.01. The van der Waals surface area contributed by atoms with Crippen molar-refractivity contribution in [3.8, 4) is 17.2 Å². The van der Waals surface area contributed by atoms with E-state index in [1.54, 1.807) is 27.7 Å². The van der Waals surface area contributed by atoms with E-state index in [4.69, 9.17) is 18.9 Å². The van der Waals surface area contributed by atoms with Crippen molar-refractivity contribution in [1.82, 2.24) is 9.97 Å². The molecule has 0 radical (unpaired) electrons. The van der Waals surface area contributed by atoms with Crippen molar-refractivity contribution in [1.29, 1.82) is 0 Å². The fourth-order valence-corrected chi connectivity index (χ4v) is 3.48. The molecular weight excluding hydrogens is 358 g/mol. The highest BCUT2D eigenvalue weighted by atomic mass is 16.5. The highest BCUT2D eigenvalue weighted by molar-refractivity contribution is 5.92. The average molecular weight is 381 g/mol. The minimum Gasteiger partial charge on any atom is -0.497 e. The quantitative estimate of drug-likeness (QED) is 0.672. The van der Waals surface area contributed by atoms with Gasteiger partial charge in [0, 0.05) is 24.5 Å². The van der Waals surface area contributed by atoms with Crippen LogP contribution in [0, 0.1) is 0 Å². The number of morpholine rings is 1. The molecule has 1 fully saturated rings. The standard InChI is InChI=1S/C21H23N3O4/c1-25-15-6-4-14(5-7-15)20-12-24(8-9-28-20)21-16-10-18(26-2)19(27-3)11-17(16)22-13-23-21/h4-7,10-11,13,20H,8-9,12H2,1-3H3. The van der Waals surface area contributed by atoms with E-state index < -0.39 is 0 Å². The Morgan fingerprint density at radius 3 is 2.43 bits per heavy atom. The molecule has 0 saturated carbocycles. The molecule has 2 aromatic carbocycles. The molecule has 1 aliphatic rings. The third-order valence-electron chi connectivity index (χ3n) is 4.97. The normalized spacial score (nSPS) is 16.8. The zero-order valence-electron chi connectivity index (χ0n) is 16.2. The van der Waals surface area contributed by atoms with Crippen LogP contribution in [0.3, 0.4) is 0 Å². The van der Waals surface area contributed by atoms with Crippen molar-refractivity contribution in [2.45, 2.75) is 6.10 Å². The third kappa shape index (κ3) is 3.41. The molecule has 1 aromatic heterocycles. The van der Waals surface area contributed by atoms with Crippen molar-refractivity contribution >= 4 is 16.7 Å². The van der Waals surface area contributed by atoms with Gasteiger partial charge in [-0.2, -0.15) is 0 Å². The number of methoxy groups -OCH3 is 3. The number of ether oxygens (including phenoxy) is 4. The lowest BCUT2D eigenvalue weighted by molar-refractivity contribution is 0.0396. The van der Waals surface area contributed by atoms with Crippen molar-refractivity contribution in [3.63, 3.8) is 0 Å². The predicted molar refractivity (Wildman–Crippen MR) is 107 cm³/mol. The van der Waals surface area contributed by atoms with E-state index >= 15 is 0 Å². The van der Waals surface area contributed by atoms with Gasteiger partial charge in [0.2, 0.25) is 0 Å². The first-order chi connectivity index (χ1) is 13.7. The SMILES string of the molecule is COc1ccc(C2CN(c3ncnc4cc(OC)c(OC)cc34)CCO2)cc1. The topological polar surface area (TPSA) is 65.9 Å². The summed E-state index contributed by atoms with van der Waals surface area (Å²) in [6.45, 7) is 2.08. The number of hydrogen-bond acceptors (Lipinski definition) is 7. The van der Waals surface area contributed by atoms with Gasteiger partial charge in [-0.1, -0.05) is 12.1 Å². The van der Waals surface area contributed by atoms with Crippen LogP contribution in [-0.4, -0.2) is 51.0 Å². The van der Waals surface area contributed by atoms with Crippen LogP contribution < -0.4 is 19.1 Å². The van der Waals surface area contributed by atoms with Crippen LogP contribution in [0.4, 0.5) is 5.82 Å². The van der Waals surface area contributed by atoms with E-state index in [9.17, 15) is 0 Å². The van der Waals surface area contributed by atoms with Gasteiger partial charge >= 0.3 is 0 Å². The van der Waals surface area contributed by atoms with Crippen molar-refractivity contribution in [2.75, 3.05) is 45.9 Å². The number of anilines is 1. The fraction of sp³-hybridized carbons (Fsp3) is 0.333. The molecule has 0 bridgehead atoms. The van der Waals surface area contributed by atoms with Crippen LogP contribution in [0.2, 0.25) is 0 Å². The minimum atomic E-state index is -0.0372. The van der Waals surface area contributed by atoms with E-state index in [0.29, 0.717) is 24.7 Å². The summed E-state index contributed by atoms with van der Waals surface area (Å²) in [5, 5.41) is 0.926. The van der Waals surface area contributed by atoms with Gasteiger partial charge in [0.1, 0.15) is 24.0 Å². The summed E-state index contributed by atoms with van der Waals surface area (Å²) in [6.07, 6.45) is 1.55. The van der Waals surface area contributed by atoms with E-state index in [2.05, 4.69) is 14.9 Å². The maximum Gasteiger partial charge on any atom is 0.162 e. The first kappa shape index (κ1) is 18.3. The Bertz CT molecular complexity index is 962. The molecule has 1 aliphatic heterocycles. The number of aromatic nitrogens is 2. The summed E-state index contributed by atoms with van der Waals surface area (Å²) in [5.41, 5.74) is 1.93. The van der Waals surface area contributed by atoms with Crippen LogP contribution in [0.25, 0.3) is 10.9 Å². The highest BCUT2D eigenvalue weighted by Crippen LogP contribution is 2.36. The van der Waals surface area contributed by atoms with E-state index in [-0.39, 0.29) is 6.10 Å². The number of benzene rings is 2. The van der Waals surface area contributed by atoms with Crippen molar-refractivity contribution in [3.05, 3.63) is 48.3 Å². The largest absolute Gasteiger partial charge is 0.497 e. The molecule has 4 rings (SSSR count). The Kier molecular flexibility index (Phi) is 5.16. The first-order valence-corrected chi connectivity index (χ1v) is 9.10. The summed E-state index contributed by atoms with van der Waals surface area (Å²) in [4.78, 5) is 11.2.